The van der Waals surface area contributed by atoms with Crippen molar-refractivity contribution in [1.82, 2.24) is 0 Å². The van der Waals surface area contributed by atoms with Crippen LogP contribution in [0.1, 0.15) is 18.4 Å². The second-order valence-corrected chi connectivity index (χ2v) is 4.30. The molecule has 2 N–H and O–H groups in total. The third-order valence-electron chi connectivity index (χ3n) is 3.16. The van der Waals surface area contributed by atoms with Gasteiger partial charge in [-0.1, -0.05) is 18.2 Å². The Balaban J connectivity index is 2.17. The third-order valence-corrected chi connectivity index (χ3v) is 3.16. The number of anilines is 1. The minimum Gasteiger partial charge on any atom is -0.482 e. The van der Waals surface area contributed by atoms with Gasteiger partial charge in [-0.25, -0.2) is 0 Å². The van der Waals surface area contributed by atoms with Gasteiger partial charge in [0.05, 0.1) is 0 Å². The molecule has 15 heavy (non-hydrogen) atoms. The highest BCUT2D eigenvalue weighted by atomic mass is 16.5. The van der Waals surface area contributed by atoms with E-state index in [1.54, 1.807) is 0 Å². The number of allylic oxidation sites excluding steroid dienone is 2. The van der Waals surface area contributed by atoms with Crippen LogP contribution in [0.4, 0.5) is 5.69 Å². The van der Waals surface area contributed by atoms with Crippen LogP contribution in [0.15, 0.2) is 42.5 Å². The summed E-state index contributed by atoms with van der Waals surface area (Å²) in [5.41, 5.74) is 7.56. The average Bonchev–Trinajstić information content (AvgIpc) is 2.50. The van der Waals surface area contributed by atoms with E-state index in [0.717, 1.165) is 11.4 Å². The van der Waals surface area contributed by atoms with E-state index in [1.165, 1.54) is 5.56 Å². The van der Waals surface area contributed by atoms with Crippen molar-refractivity contribution in [3.63, 3.8) is 0 Å². The zero-order chi connectivity index (χ0) is 10.5. The Morgan fingerprint density at radius 2 is 2.20 bits per heavy atom. The number of hydrogen-bond acceptors (Lipinski definition) is 2. The minimum atomic E-state index is -0.231. The summed E-state index contributed by atoms with van der Waals surface area (Å²) in [6, 6.07) is 5.84. The van der Waals surface area contributed by atoms with Crippen molar-refractivity contribution in [3.8, 4) is 5.75 Å². The molecule has 1 aliphatic carbocycles. The topological polar surface area (TPSA) is 35.2 Å². The van der Waals surface area contributed by atoms with Gasteiger partial charge in [-0.3, -0.25) is 0 Å². The molecule has 0 saturated heterocycles. The van der Waals surface area contributed by atoms with E-state index < -0.39 is 0 Å². The molecule has 1 unspecified atom stereocenters. The van der Waals surface area contributed by atoms with Gasteiger partial charge >= 0.3 is 0 Å². The predicted molar refractivity (Wildman–Crippen MR) is 60.9 cm³/mol. The zero-order valence-corrected chi connectivity index (χ0v) is 8.60. The molecule has 2 nitrogen and oxygen atoms in total. The molecule has 2 aliphatic rings. The van der Waals surface area contributed by atoms with Gasteiger partial charge in [-0.05, 0) is 31.2 Å². The van der Waals surface area contributed by atoms with Crippen LogP contribution in [0.5, 0.6) is 5.75 Å². The number of rotatable bonds is 0. The molecule has 2 atom stereocenters. The standard InChI is InChI=1S/C13H13NO/c1-13-7-3-2-4-11(13)10-8-9(14)5-6-12(10)15-13/h2-8,11H,14H2,1H3/t11?,13-/m0/s1. The van der Waals surface area contributed by atoms with E-state index in [4.69, 9.17) is 10.5 Å². The smallest absolute Gasteiger partial charge is 0.135 e. The van der Waals surface area contributed by atoms with Gasteiger partial charge in [0.15, 0.2) is 0 Å². The summed E-state index contributed by atoms with van der Waals surface area (Å²) >= 11 is 0. The van der Waals surface area contributed by atoms with E-state index >= 15 is 0 Å². The fourth-order valence-electron chi connectivity index (χ4n) is 2.37. The Morgan fingerprint density at radius 1 is 1.33 bits per heavy atom. The molecule has 0 spiro atoms. The van der Waals surface area contributed by atoms with Crippen molar-refractivity contribution in [3.05, 3.63) is 48.1 Å². The molecule has 0 saturated carbocycles. The fraction of sp³-hybridized carbons (Fsp3) is 0.231. The highest BCUT2D eigenvalue weighted by molar-refractivity contribution is 5.56. The van der Waals surface area contributed by atoms with Crippen molar-refractivity contribution in [2.24, 2.45) is 0 Å². The van der Waals surface area contributed by atoms with Crippen LogP contribution in [-0.4, -0.2) is 5.60 Å². The number of hydrogen-bond donors (Lipinski definition) is 1. The van der Waals surface area contributed by atoms with Crippen LogP contribution in [0.25, 0.3) is 0 Å². The maximum absolute atomic E-state index is 5.96. The molecule has 2 heteroatoms. The molecule has 1 aromatic carbocycles. The van der Waals surface area contributed by atoms with Gasteiger partial charge in [-0.2, -0.15) is 0 Å². The summed E-state index contributed by atoms with van der Waals surface area (Å²) in [6.45, 7) is 2.11. The van der Waals surface area contributed by atoms with E-state index in [-0.39, 0.29) is 5.60 Å². The van der Waals surface area contributed by atoms with Crippen LogP contribution in [-0.2, 0) is 0 Å². The maximum Gasteiger partial charge on any atom is 0.135 e. The predicted octanol–water partition coefficient (Wildman–Crippen LogP) is 2.63. The van der Waals surface area contributed by atoms with Gasteiger partial charge in [0.25, 0.3) is 0 Å². The summed E-state index contributed by atoms with van der Waals surface area (Å²) in [5, 5.41) is 0. The fourth-order valence-corrected chi connectivity index (χ4v) is 2.37. The van der Waals surface area contributed by atoms with Gasteiger partial charge in [0, 0.05) is 17.2 Å². The number of nitrogens with two attached hydrogens (primary N) is 1. The van der Waals surface area contributed by atoms with Crippen LogP contribution < -0.4 is 10.5 Å². The van der Waals surface area contributed by atoms with Crippen LogP contribution in [0.2, 0.25) is 0 Å². The quantitative estimate of drug-likeness (QED) is 0.652. The molecule has 3 rings (SSSR count). The zero-order valence-electron chi connectivity index (χ0n) is 8.60. The lowest BCUT2D eigenvalue weighted by atomic mass is 9.82. The normalized spacial score (nSPS) is 30.9. The van der Waals surface area contributed by atoms with Crippen LogP contribution >= 0.6 is 0 Å². The Morgan fingerprint density at radius 3 is 3.07 bits per heavy atom. The van der Waals surface area contributed by atoms with Gasteiger partial charge < -0.3 is 10.5 Å². The Labute approximate surface area is 89.0 Å². The van der Waals surface area contributed by atoms with Crippen molar-refractivity contribution >= 4 is 5.69 Å². The first-order valence-corrected chi connectivity index (χ1v) is 5.13. The summed E-state index contributed by atoms with van der Waals surface area (Å²) < 4.78 is 5.96. The largest absolute Gasteiger partial charge is 0.482 e. The van der Waals surface area contributed by atoms with Gasteiger partial charge in [-0.15, -0.1) is 0 Å². The second-order valence-electron chi connectivity index (χ2n) is 4.30. The highest BCUT2D eigenvalue weighted by Crippen LogP contribution is 2.48. The molecular formula is C13H13NO. The van der Waals surface area contributed by atoms with Crippen molar-refractivity contribution < 1.29 is 4.74 Å². The SMILES string of the molecule is C[C@]12C=CC=CC1c1cc(N)ccc1O2. The third kappa shape index (κ3) is 1.11. The molecule has 0 aromatic heterocycles. The summed E-state index contributed by atoms with van der Waals surface area (Å²) in [5.74, 6) is 1.24. The maximum atomic E-state index is 5.96. The lowest BCUT2D eigenvalue weighted by Crippen LogP contribution is -2.32. The number of benzene rings is 1. The molecular weight excluding hydrogens is 186 g/mol. The first-order valence-electron chi connectivity index (χ1n) is 5.13. The number of ether oxygens (including phenoxy) is 1. The lowest BCUT2D eigenvalue weighted by Gasteiger charge is -2.27. The van der Waals surface area contributed by atoms with E-state index in [0.29, 0.717) is 5.92 Å². The molecule has 0 bridgehead atoms. The van der Waals surface area contributed by atoms with Crippen molar-refractivity contribution in [2.75, 3.05) is 5.73 Å². The van der Waals surface area contributed by atoms with Crippen LogP contribution in [0, 0.1) is 0 Å². The van der Waals surface area contributed by atoms with E-state index in [9.17, 15) is 0 Å². The lowest BCUT2D eigenvalue weighted by molar-refractivity contribution is 0.155. The number of nitrogen functional groups attached to an aromatic ring is 1. The molecule has 0 radical (unpaired) electrons. The summed E-state index contributed by atoms with van der Waals surface area (Å²) in [7, 11) is 0. The van der Waals surface area contributed by atoms with E-state index in [1.807, 2.05) is 24.3 Å². The molecule has 1 aromatic rings. The highest BCUT2D eigenvalue weighted by Gasteiger charge is 2.42. The monoisotopic (exact) mass is 199 g/mol. The van der Waals surface area contributed by atoms with E-state index in [2.05, 4.69) is 25.2 Å². The number of fused-ring (bicyclic) bond motifs is 3. The average molecular weight is 199 g/mol. The van der Waals surface area contributed by atoms with Crippen molar-refractivity contribution in [2.45, 2.75) is 18.4 Å². The molecule has 0 amide bonds. The Kier molecular flexibility index (Phi) is 1.52. The van der Waals surface area contributed by atoms with Crippen molar-refractivity contribution in [1.29, 1.82) is 0 Å². The first kappa shape index (κ1) is 8.60. The molecule has 1 aliphatic heterocycles. The molecule has 76 valence electrons. The second kappa shape index (κ2) is 2.66. The first-order chi connectivity index (χ1) is 7.19. The summed E-state index contributed by atoms with van der Waals surface area (Å²) in [6.07, 6.45) is 8.37. The van der Waals surface area contributed by atoms with Gasteiger partial charge in [0.2, 0.25) is 0 Å². The van der Waals surface area contributed by atoms with Crippen LogP contribution in [0.3, 0.4) is 0 Å². The minimum absolute atomic E-state index is 0.231. The summed E-state index contributed by atoms with van der Waals surface area (Å²) in [4.78, 5) is 0. The Bertz CT molecular complexity index is 475. The molecule has 0 fully saturated rings. The Hall–Kier alpha value is -1.70. The van der Waals surface area contributed by atoms with Gasteiger partial charge in [0.1, 0.15) is 11.4 Å². The molecule has 1 heterocycles.